The summed E-state index contributed by atoms with van der Waals surface area (Å²) >= 11 is 1.17. The molecule has 0 bridgehead atoms. The number of aryl methyl sites for hydroxylation is 2. The van der Waals surface area contributed by atoms with Crippen LogP contribution in [0.2, 0.25) is 0 Å². The lowest BCUT2D eigenvalue weighted by molar-refractivity contribution is -0.113. The summed E-state index contributed by atoms with van der Waals surface area (Å²) in [5, 5.41) is 12.3. The van der Waals surface area contributed by atoms with Gasteiger partial charge in [-0.3, -0.25) is 4.79 Å². The molecular weight excluding hydrogens is 303 g/mol. The summed E-state index contributed by atoms with van der Waals surface area (Å²) in [4.78, 5) is 20.2. The Kier molecular flexibility index (Phi) is 5.07. The molecule has 0 radical (unpaired) electrons. The summed E-state index contributed by atoms with van der Waals surface area (Å²) in [5.41, 5.74) is 1.49. The molecular formula is C15H13FN4OS. The maximum atomic E-state index is 12.8. The lowest BCUT2D eigenvalue weighted by Gasteiger charge is -2.07. The first-order valence-corrected chi connectivity index (χ1v) is 7.41. The number of nitrogens with one attached hydrogen (secondary N) is 1. The van der Waals surface area contributed by atoms with Crippen molar-refractivity contribution in [3.05, 3.63) is 47.2 Å². The van der Waals surface area contributed by atoms with Gasteiger partial charge in [-0.1, -0.05) is 11.8 Å². The molecule has 2 rings (SSSR count). The Labute approximate surface area is 131 Å². The van der Waals surface area contributed by atoms with Crippen molar-refractivity contribution in [3.63, 3.8) is 0 Å². The summed E-state index contributed by atoms with van der Waals surface area (Å²) in [5.74, 6) is 0.0346. The minimum Gasteiger partial charge on any atom is -0.325 e. The van der Waals surface area contributed by atoms with Crippen LogP contribution in [0.15, 0.2) is 29.3 Å². The predicted octanol–water partition coefficient (Wildman–Crippen LogP) is 2.84. The minimum absolute atomic E-state index is 0.0992. The molecule has 0 aliphatic rings. The second-order valence-electron chi connectivity index (χ2n) is 4.49. The van der Waals surface area contributed by atoms with Gasteiger partial charge in [0.1, 0.15) is 28.3 Å². The third kappa shape index (κ3) is 4.02. The fraction of sp³-hybridized carbons (Fsp3) is 0.200. The first kappa shape index (κ1) is 15.9. The monoisotopic (exact) mass is 316 g/mol. The van der Waals surface area contributed by atoms with E-state index >= 15 is 0 Å². The largest absolute Gasteiger partial charge is 0.325 e. The standard InChI is InChI=1S/C15H13FN4OS/c1-9-13(7-17)15(19-10(2)18-9)22-8-14(21)20-12-5-3-11(16)4-6-12/h3-6H,8H2,1-2H3,(H,20,21). The highest BCUT2D eigenvalue weighted by molar-refractivity contribution is 8.00. The van der Waals surface area contributed by atoms with Crippen LogP contribution in [-0.4, -0.2) is 21.6 Å². The van der Waals surface area contributed by atoms with Crippen LogP contribution < -0.4 is 5.32 Å². The van der Waals surface area contributed by atoms with E-state index in [9.17, 15) is 9.18 Å². The van der Waals surface area contributed by atoms with Gasteiger partial charge >= 0.3 is 0 Å². The molecule has 0 atom stereocenters. The maximum absolute atomic E-state index is 12.8. The Morgan fingerprint density at radius 2 is 2.00 bits per heavy atom. The number of amides is 1. The van der Waals surface area contributed by atoms with Crippen LogP contribution in [0.3, 0.4) is 0 Å². The Bertz CT molecular complexity index is 740. The maximum Gasteiger partial charge on any atom is 0.234 e. The molecule has 0 aliphatic heterocycles. The zero-order chi connectivity index (χ0) is 16.1. The number of rotatable bonds is 4. The predicted molar refractivity (Wildman–Crippen MR) is 82.0 cm³/mol. The molecule has 0 fully saturated rings. The molecule has 1 N–H and O–H groups in total. The van der Waals surface area contributed by atoms with Crippen molar-refractivity contribution in [1.29, 1.82) is 5.26 Å². The van der Waals surface area contributed by atoms with E-state index in [4.69, 9.17) is 5.26 Å². The summed E-state index contributed by atoms with van der Waals surface area (Å²) in [6.45, 7) is 3.46. The normalized spacial score (nSPS) is 10.1. The van der Waals surface area contributed by atoms with Gasteiger partial charge in [0.05, 0.1) is 11.4 Å². The average molecular weight is 316 g/mol. The molecule has 7 heteroatoms. The number of carbonyl (C=O) groups excluding carboxylic acids is 1. The highest BCUT2D eigenvalue weighted by atomic mass is 32.2. The SMILES string of the molecule is Cc1nc(C)c(C#N)c(SCC(=O)Nc2ccc(F)cc2)n1. The molecule has 1 heterocycles. The molecule has 22 heavy (non-hydrogen) atoms. The number of anilines is 1. The van der Waals surface area contributed by atoms with E-state index < -0.39 is 0 Å². The fourth-order valence-electron chi connectivity index (χ4n) is 1.78. The van der Waals surface area contributed by atoms with Gasteiger partial charge in [-0.15, -0.1) is 0 Å². The lowest BCUT2D eigenvalue weighted by Crippen LogP contribution is -2.14. The smallest absolute Gasteiger partial charge is 0.234 e. The molecule has 0 saturated carbocycles. The molecule has 112 valence electrons. The van der Waals surface area contributed by atoms with E-state index in [2.05, 4.69) is 21.4 Å². The molecule has 0 spiro atoms. The topological polar surface area (TPSA) is 78.7 Å². The number of hydrogen-bond donors (Lipinski definition) is 1. The van der Waals surface area contributed by atoms with E-state index in [0.29, 0.717) is 27.8 Å². The second-order valence-corrected chi connectivity index (χ2v) is 5.46. The molecule has 2 aromatic rings. The van der Waals surface area contributed by atoms with Crippen molar-refractivity contribution in [1.82, 2.24) is 9.97 Å². The minimum atomic E-state index is -0.363. The summed E-state index contributed by atoms with van der Waals surface area (Å²) < 4.78 is 12.8. The fourth-order valence-corrected chi connectivity index (χ4v) is 2.65. The summed E-state index contributed by atoms with van der Waals surface area (Å²) in [6, 6.07) is 7.56. The van der Waals surface area contributed by atoms with Gasteiger partial charge in [0, 0.05) is 5.69 Å². The first-order valence-electron chi connectivity index (χ1n) is 6.43. The van der Waals surface area contributed by atoms with Gasteiger partial charge in [-0.25, -0.2) is 14.4 Å². The highest BCUT2D eigenvalue weighted by Gasteiger charge is 2.12. The highest BCUT2D eigenvalue weighted by Crippen LogP contribution is 2.22. The van der Waals surface area contributed by atoms with Gasteiger partial charge < -0.3 is 5.32 Å². The van der Waals surface area contributed by atoms with E-state index in [1.165, 1.54) is 36.0 Å². The van der Waals surface area contributed by atoms with Crippen molar-refractivity contribution < 1.29 is 9.18 Å². The van der Waals surface area contributed by atoms with Gasteiger partial charge in [-0.05, 0) is 38.1 Å². The number of nitriles is 1. The van der Waals surface area contributed by atoms with Crippen molar-refractivity contribution in [2.24, 2.45) is 0 Å². The van der Waals surface area contributed by atoms with Crippen LogP contribution in [0.25, 0.3) is 0 Å². The van der Waals surface area contributed by atoms with Crippen LogP contribution in [-0.2, 0) is 4.79 Å². The number of nitrogens with zero attached hydrogens (tertiary/aromatic N) is 3. The molecule has 0 unspecified atom stereocenters. The number of carbonyl (C=O) groups is 1. The van der Waals surface area contributed by atoms with E-state index in [1.807, 2.05) is 0 Å². The van der Waals surface area contributed by atoms with Crippen LogP contribution in [0.4, 0.5) is 10.1 Å². The number of aromatic nitrogens is 2. The Balaban J connectivity index is 2.02. The van der Waals surface area contributed by atoms with Gasteiger partial charge in [0.15, 0.2) is 0 Å². The van der Waals surface area contributed by atoms with Crippen molar-refractivity contribution >= 4 is 23.4 Å². The number of thioether (sulfide) groups is 1. The number of hydrogen-bond acceptors (Lipinski definition) is 5. The van der Waals surface area contributed by atoms with Gasteiger partial charge in [0.25, 0.3) is 0 Å². The summed E-state index contributed by atoms with van der Waals surface area (Å²) in [7, 11) is 0. The molecule has 0 aliphatic carbocycles. The quantitative estimate of drug-likeness (QED) is 0.693. The lowest BCUT2D eigenvalue weighted by atomic mass is 10.3. The van der Waals surface area contributed by atoms with Gasteiger partial charge in [-0.2, -0.15) is 5.26 Å². The molecule has 0 saturated heterocycles. The van der Waals surface area contributed by atoms with Gasteiger partial charge in [0.2, 0.25) is 5.91 Å². The van der Waals surface area contributed by atoms with E-state index in [-0.39, 0.29) is 17.5 Å². The number of benzene rings is 1. The zero-order valence-corrected chi connectivity index (χ0v) is 12.9. The van der Waals surface area contributed by atoms with Crippen LogP contribution in [0, 0.1) is 31.0 Å². The molecule has 5 nitrogen and oxygen atoms in total. The third-order valence-corrected chi connectivity index (χ3v) is 3.72. The van der Waals surface area contributed by atoms with Crippen molar-refractivity contribution in [2.75, 3.05) is 11.1 Å². The van der Waals surface area contributed by atoms with Crippen LogP contribution in [0.1, 0.15) is 17.1 Å². The first-order chi connectivity index (χ1) is 10.5. The van der Waals surface area contributed by atoms with Crippen LogP contribution >= 0.6 is 11.8 Å². The number of halogens is 1. The zero-order valence-electron chi connectivity index (χ0n) is 12.1. The van der Waals surface area contributed by atoms with E-state index in [0.717, 1.165) is 0 Å². The summed E-state index contributed by atoms with van der Waals surface area (Å²) in [6.07, 6.45) is 0. The Morgan fingerprint density at radius 1 is 1.32 bits per heavy atom. The van der Waals surface area contributed by atoms with E-state index in [1.54, 1.807) is 13.8 Å². The molecule has 1 aromatic heterocycles. The third-order valence-electron chi connectivity index (χ3n) is 2.75. The molecule has 1 amide bonds. The Hall–Kier alpha value is -2.46. The molecule has 1 aromatic carbocycles. The Morgan fingerprint density at radius 3 is 2.64 bits per heavy atom. The average Bonchev–Trinajstić information content (AvgIpc) is 2.47. The second kappa shape index (κ2) is 7.00. The van der Waals surface area contributed by atoms with Crippen LogP contribution in [0.5, 0.6) is 0 Å². The van der Waals surface area contributed by atoms with Crippen molar-refractivity contribution in [2.45, 2.75) is 18.9 Å². The van der Waals surface area contributed by atoms with Crippen molar-refractivity contribution in [3.8, 4) is 6.07 Å².